The Bertz CT molecular complexity index is 1910. The minimum atomic E-state index is -0.707. The highest BCUT2D eigenvalue weighted by atomic mass is 32.2. The van der Waals surface area contributed by atoms with Crippen LogP contribution in [0.1, 0.15) is 44.3 Å². The van der Waals surface area contributed by atoms with Gasteiger partial charge in [0, 0.05) is 51.1 Å². The Balaban J connectivity index is 1.31. The maximum atomic E-state index is 13.4. The van der Waals surface area contributed by atoms with Gasteiger partial charge in [0.15, 0.2) is 11.5 Å². The standard InChI is InChI=1S/C34H24N2O6S/c1-21-19-28(36(40)41)13-18-31(21)32(35-42-22(2)37)34(39)25-11-16-30(17-12-25)43-29-14-9-24(10-15-29)33(38)27-8-7-23-5-3-4-6-26(23)20-27/h3-20H,1-2H3. The summed E-state index contributed by atoms with van der Waals surface area (Å²) in [7, 11) is 0. The lowest BCUT2D eigenvalue weighted by Crippen LogP contribution is -2.18. The van der Waals surface area contributed by atoms with Gasteiger partial charge in [-0.3, -0.25) is 19.7 Å². The maximum absolute atomic E-state index is 13.4. The van der Waals surface area contributed by atoms with Crippen LogP contribution in [0.3, 0.4) is 0 Å². The van der Waals surface area contributed by atoms with E-state index in [-0.39, 0.29) is 17.2 Å². The van der Waals surface area contributed by atoms with Crippen molar-refractivity contribution in [2.45, 2.75) is 23.6 Å². The number of rotatable bonds is 9. The van der Waals surface area contributed by atoms with Crippen LogP contribution in [-0.4, -0.2) is 28.2 Å². The van der Waals surface area contributed by atoms with Gasteiger partial charge in [-0.1, -0.05) is 53.3 Å². The van der Waals surface area contributed by atoms with Crippen LogP contribution in [0, 0.1) is 17.0 Å². The van der Waals surface area contributed by atoms with Crippen LogP contribution in [0.2, 0.25) is 0 Å². The molecule has 9 heteroatoms. The molecule has 0 fully saturated rings. The number of carbonyl (C=O) groups excluding carboxylic acids is 3. The molecule has 0 atom stereocenters. The Morgan fingerprint density at radius 2 is 1.35 bits per heavy atom. The third kappa shape index (κ3) is 6.74. The van der Waals surface area contributed by atoms with Crippen molar-refractivity contribution in [3.05, 3.63) is 147 Å². The first-order chi connectivity index (χ1) is 20.7. The predicted molar refractivity (Wildman–Crippen MR) is 165 cm³/mol. The Morgan fingerprint density at radius 3 is 1.95 bits per heavy atom. The van der Waals surface area contributed by atoms with Crippen molar-refractivity contribution < 1.29 is 24.1 Å². The molecule has 0 heterocycles. The largest absolute Gasteiger partial charge is 0.332 e. The van der Waals surface area contributed by atoms with E-state index in [9.17, 15) is 24.5 Å². The zero-order valence-electron chi connectivity index (χ0n) is 23.1. The number of non-ortho nitro benzene ring substituents is 1. The molecule has 5 rings (SSSR count). The van der Waals surface area contributed by atoms with Gasteiger partial charge < -0.3 is 4.84 Å². The van der Waals surface area contributed by atoms with Gasteiger partial charge >= 0.3 is 5.97 Å². The predicted octanol–water partition coefficient (Wildman–Crippen LogP) is 7.59. The summed E-state index contributed by atoms with van der Waals surface area (Å²) in [5.74, 6) is -1.27. The minimum Gasteiger partial charge on any atom is -0.318 e. The molecule has 43 heavy (non-hydrogen) atoms. The quantitative estimate of drug-likeness (QED) is 0.0573. The summed E-state index contributed by atoms with van der Waals surface area (Å²) >= 11 is 1.47. The molecule has 5 aromatic rings. The number of aryl methyl sites for hydroxylation is 1. The Hall–Kier alpha value is -5.41. The van der Waals surface area contributed by atoms with Gasteiger partial charge in [0.1, 0.15) is 0 Å². The number of ketones is 2. The van der Waals surface area contributed by atoms with Crippen molar-refractivity contribution >= 4 is 51.5 Å². The monoisotopic (exact) mass is 588 g/mol. The average Bonchev–Trinajstić information content (AvgIpc) is 3.01. The Kier molecular flexibility index (Phi) is 8.54. The molecule has 0 spiro atoms. The Labute approximate surface area is 251 Å². The summed E-state index contributed by atoms with van der Waals surface area (Å²) in [6.45, 7) is 2.77. The molecular formula is C34H24N2O6S. The van der Waals surface area contributed by atoms with Crippen molar-refractivity contribution in [3.63, 3.8) is 0 Å². The molecule has 0 saturated carbocycles. The van der Waals surface area contributed by atoms with E-state index in [2.05, 4.69) is 5.16 Å². The lowest BCUT2D eigenvalue weighted by molar-refractivity contribution is -0.384. The van der Waals surface area contributed by atoms with Gasteiger partial charge in [-0.25, -0.2) is 4.79 Å². The van der Waals surface area contributed by atoms with Crippen molar-refractivity contribution in [3.8, 4) is 0 Å². The van der Waals surface area contributed by atoms with E-state index < -0.39 is 16.7 Å². The molecule has 8 nitrogen and oxygen atoms in total. The van der Waals surface area contributed by atoms with Gasteiger partial charge in [0.2, 0.25) is 5.78 Å². The van der Waals surface area contributed by atoms with Crippen LogP contribution in [-0.2, 0) is 9.63 Å². The molecule has 0 N–H and O–H groups in total. The van der Waals surface area contributed by atoms with Gasteiger partial charge in [0.05, 0.1) is 4.92 Å². The molecule has 0 saturated heterocycles. The van der Waals surface area contributed by atoms with Crippen LogP contribution in [0.15, 0.2) is 124 Å². The second kappa shape index (κ2) is 12.6. The highest BCUT2D eigenvalue weighted by Gasteiger charge is 2.21. The van der Waals surface area contributed by atoms with E-state index >= 15 is 0 Å². The molecule has 0 aliphatic heterocycles. The van der Waals surface area contributed by atoms with E-state index in [0.717, 1.165) is 27.5 Å². The van der Waals surface area contributed by atoms with Gasteiger partial charge in [-0.15, -0.1) is 0 Å². The van der Waals surface area contributed by atoms with Crippen molar-refractivity contribution in [1.29, 1.82) is 0 Å². The van der Waals surface area contributed by atoms with E-state index in [0.29, 0.717) is 27.8 Å². The van der Waals surface area contributed by atoms with Crippen molar-refractivity contribution in [2.75, 3.05) is 0 Å². The smallest absolute Gasteiger partial charge is 0.318 e. The molecule has 5 aromatic carbocycles. The fourth-order valence-corrected chi connectivity index (χ4v) is 5.29. The summed E-state index contributed by atoms with van der Waals surface area (Å²) in [6, 6.07) is 31.7. The van der Waals surface area contributed by atoms with Crippen LogP contribution >= 0.6 is 11.8 Å². The summed E-state index contributed by atoms with van der Waals surface area (Å²) in [5, 5.41) is 17.0. The number of fused-ring (bicyclic) bond motifs is 1. The van der Waals surface area contributed by atoms with Gasteiger partial charge in [-0.2, -0.15) is 0 Å². The summed E-state index contributed by atoms with van der Waals surface area (Å²) in [4.78, 5) is 55.0. The summed E-state index contributed by atoms with van der Waals surface area (Å²) < 4.78 is 0. The molecule has 0 unspecified atom stereocenters. The van der Waals surface area contributed by atoms with Crippen LogP contribution in [0.4, 0.5) is 5.69 Å². The Morgan fingerprint density at radius 1 is 0.744 bits per heavy atom. The maximum Gasteiger partial charge on any atom is 0.332 e. The van der Waals surface area contributed by atoms with Crippen LogP contribution in [0.25, 0.3) is 10.8 Å². The number of hydrogen-bond donors (Lipinski definition) is 0. The lowest BCUT2D eigenvalue weighted by atomic mass is 9.97. The van der Waals surface area contributed by atoms with E-state index in [1.807, 2.05) is 54.6 Å². The minimum absolute atomic E-state index is 0.0559. The molecule has 0 aromatic heterocycles. The summed E-state index contributed by atoms with van der Waals surface area (Å²) in [6.07, 6.45) is 0. The van der Waals surface area contributed by atoms with E-state index in [4.69, 9.17) is 4.84 Å². The van der Waals surface area contributed by atoms with Crippen molar-refractivity contribution in [1.82, 2.24) is 0 Å². The highest BCUT2D eigenvalue weighted by molar-refractivity contribution is 7.99. The number of oxime groups is 1. The third-order valence-electron chi connectivity index (χ3n) is 6.64. The van der Waals surface area contributed by atoms with Gasteiger partial charge in [-0.05, 0) is 83.9 Å². The second-order valence-electron chi connectivity index (χ2n) is 9.65. The molecule has 0 aliphatic carbocycles. The first kappa shape index (κ1) is 29.1. The van der Waals surface area contributed by atoms with Crippen molar-refractivity contribution in [2.24, 2.45) is 5.16 Å². The second-order valence-corrected chi connectivity index (χ2v) is 10.8. The highest BCUT2D eigenvalue weighted by Crippen LogP contribution is 2.29. The van der Waals surface area contributed by atoms with E-state index in [1.165, 1.54) is 30.0 Å². The lowest BCUT2D eigenvalue weighted by Gasteiger charge is -2.09. The fourth-order valence-electron chi connectivity index (χ4n) is 4.47. The molecule has 0 amide bonds. The third-order valence-corrected chi connectivity index (χ3v) is 7.65. The number of nitro benzene ring substituents is 1. The molecule has 0 bridgehead atoms. The zero-order chi connectivity index (χ0) is 30.5. The number of Topliss-reactive ketones (excluding diaryl/α,β-unsaturated/α-hetero) is 1. The topological polar surface area (TPSA) is 116 Å². The molecule has 212 valence electrons. The number of nitro groups is 1. The van der Waals surface area contributed by atoms with E-state index in [1.54, 1.807) is 43.3 Å². The number of benzene rings is 5. The normalized spacial score (nSPS) is 11.3. The number of hydrogen-bond acceptors (Lipinski definition) is 8. The molecular weight excluding hydrogens is 564 g/mol. The SMILES string of the molecule is CC(=O)ON=C(C(=O)c1ccc(Sc2ccc(C(=O)c3ccc4ccccc4c3)cc2)cc1)c1ccc([N+](=O)[O-])cc1C. The van der Waals surface area contributed by atoms with Crippen LogP contribution < -0.4 is 0 Å². The number of carbonyl (C=O) groups is 3. The first-order valence-electron chi connectivity index (χ1n) is 13.2. The van der Waals surface area contributed by atoms with Gasteiger partial charge in [0.25, 0.3) is 5.69 Å². The first-order valence-corrected chi connectivity index (χ1v) is 14.0. The fraction of sp³-hybridized carbons (Fsp3) is 0.0588. The van der Waals surface area contributed by atoms with Crippen LogP contribution in [0.5, 0.6) is 0 Å². The average molecular weight is 589 g/mol. The summed E-state index contributed by atoms with van der Waals surface area (Å²) in [5.41, 5.74) is 1.98. The molecule has 0 aliphatic rings. The molecule has 0 radical (unpaired) electrons. The zero-order valence-corrected chi connectivity index (χ0v) is 24.0. The number of nitrogens with zero attached hydrogens (tertiary/aromatic N) is 2.